The molecule has 0 saturated heterocycles. The van der Waals surface area contributed by atoms with E-state index in [1.165, 1.54) is 6.42 Å². The van der Waals surface area contributed by atoms with Crippen LogP contribution in [-0.4, -0.2) is 5.54 Å². The lowest BCUT2D eigenvalue weighted by molar-refractivity contribution is 0.470. The minimum atomic E-state index is 0. The van der Waals surface area contributed by atoms with Gasteiger partial charge in [-0.05, 0) is 20.3 Å². The van der Waals surface area contributed by atoms with Gasteiger partial charge in [0.05, 0.1) is 0 Å². The van der Waals surface area contributed by atoms with E-state index in [1.54, 1.807) is 0 Å². The van der Waals surface area contributed by atoms with E-state index in [2.05, 4.69) is 20.8 Å². The summed E-state index contributed by atoms with van der Waals surface area (Å²) in [5.74, 6) is 0. The molecule has 0 bridgehead atoms. The maximum atomic E-state index is 5.65. The topological polar surface area (TPSA) is 26.0 Å². The quantitative estimate of drug-likeness (QED) is 0.695. The Morgan fingerprint density at radius 2 is 1.75 bits per heavy atom. The van der Waals surface area contributed by atoms with Gasteiger partial charge < -0.3 is 5.73 Å². The Balaban J connectivity index is 0. The molecule has 52 valence electrons. The standard InChI is InChI=1S/C6H15N.BrH/c1-4-5-6(2,3)7;/h4-5,7H2,1-3H3;1H. The SMILES string of the molecule is Br.CCCC(C)(C)N. The van der Waals surface area contributed by atoms with Crippen molar-refractivity contribution < 1.29 is 0 Å². The van der Waals surface area contributed by atoms with E-state index in [1.807, 2.05) is 0 Å². The molecule has 0 saturated carbocycles. The van der Waals surface area contributed by atoms with E-state index in [4.69, 9.17) is 5.73 Å². The van der Waals surface area contributed by atoms with Gasteiger partial charge in [0, 0.05) is 5.54 Å². The second-order valence-corrected chi connectivity index (χ2v) is 2.74. The molecule has 0 aliphatic heterocycles. The predicted molar refractivity (Wildman–Crippen MR) is 43.5 cm³/mol. The van der Waals surface area contributed by atoms with Crippen molar-refractivity contribution in [3.63, 3.8) is 0 Å². The van der Waals surface area contributed by atoms with Gasteiger partial charge in [0.15, 0.2) is 0 Å². The zero-order valence-corrected chi connectivity index (χ0v) is 7.61. The summed E-state index contributed by atoms with van der Waals surface area (Å²) in [5, 5.41) is 0. The first-order chi connectivity index (χ1) is 3.06. The van der Waals surface area contributed by atoms with Crippen LogP contribution in [0.1, 0.15) is 33.6 Å². The molecule has 0 radical (unpaired) electrons. The van der Waals surface area contributed by atoms with Gasteiger partial charge in [-0.15, -0.1) is 17.0 Å². The first kappa shape index (κ1) is 11.3. The second-order valence-electron chi connectivity index (χ2n) is 2.74. The number of nitrogens with two attached hydrogens (primary N) is 1. The predicted octanol–water partition coefficient (Wildman–Crippen LogP) is 2.10. The molecule has 0 rings (SSSR count). The third-order valence-corrected chi connectivity index (χ3v) is 0.894. The lowest BCUT2D eigenvalue weighted by Gasteiger charge is -2.15. The van der Waals surface area contributed by atoms with Crippen LogP contribution in [0.15, 0.2) is 0 Å². The minimum Gasteiger partial charge on any atom is -0.326 e. The van der Waals surface area contributed by atoms with Crippen molar-refractivity contribution in [3.05, 3.63) is 0 Å². The van der Waals surface area contributed by atoms with Crippen LogP contribution in [0.25, 0.3) is 0 Å². The van der Waals surface area contributed by atoms with Crippen LogP contribution in [-0.2, 0) is 0 Å². The van der Waals surface area contributed by atoms with Crippen molar-refractivity contribution in [2.45, 2.75) is 39.2 Å². The first-order valence-electron chi connectivity index (χ1n) is 2.85. The summed E-state index contributed by atoms with van der Waals surface area (Å²) in [7, 11) is 0. The normalized spacial score (nSPS) is 10.5. The molecule has 0 atom stereocenters. The van der Waals surface area contributed by atoms with Crippen molar-refractivity contribution >= 4 is 17.0 Å². The van der Waals surface area contributed by atoms with E-state index in [0.717, 1.165) is 6.42 Å². The Morgan fingerprint density at radius 3 is 1.75 bits per heavy atom. The van der Waals surface area contributed by atoms with E-state index in [9.17, 15) is 0 Å². The average Bonchev–Trinajstić information content (AvgIpc) is 1.30. The maximum Gasteiger partial charge on any atom is 0.00969 e. The zero-order chi connectivity index (χ0) is 5.91. The van der Waals surface area contributed by atoms with Gasteiger partial charge in [0.2, 0.25) is 0 Å². The van der Waals surface area contributed by atoms with Crippen LogP contribution in [0.2, 0.25) is 0 Å². The van der Waals surface area contributed by atoms with Gasteiger partial charge in [0.1, 0.15) is 0 Å². The molecule has 0 spiro atoms. The largest absolute Gasteiger partial charge is 0.326 e. The van der Waals surface area contributed by atoms with Gasteiger partial charge in [0.25, 0.3) is 0 Å². The third-order valence-electron chi connectivity index (χ3n) is 0.894. The van der Waals surface area contributed by atoms with E-state index < -0.39 is 0 Å². The van der Waals surface area contributed by atoms with E-state index >= 15 is 0 Å². The van der Waals surface area contributed by atoms with Crippen molar-refractivity contribution in [3.8, 4) is 0 Å². The molecular weight excluding hydrogens is 166 g/mol. The number of halogens is 1. The number of hydrogen-bond acceptors (Lipinski definition) is 1. The molecule has 2 heteroatoms. The summed E-state index contributed by atoms with van der Waals surface area (Å²) in [6.45, 7) is 6.25. The van der Waals surface area contributed by atoms with E-state index in [-0.39, 0.29) is 22.5 Å². The van der Waals surface area contributed by atoms with Gasteiger partial charge in [-0.2, -0.15) is 0 Å². The van der Waals surface area contributed by atoms with Crippen LogP contribution in [0.3, 0.4) is 0 Å². The maximum absolute atomic E-state index is 5.65. The summed E-state index contributed by atoms with van der Waals surface area (Å²) >= 11 is 0. The van der Waals surface area contributed by atoms with Gasteiger partial charge in [-0.1, -0.05) is 13.3 Å². The Morgan fingerprint density at radius 1 is 1.38 bits per heavy atom. The van der Waals surface area contributed by atoms with Gasteiger partial charge in [-0.3, -0.25) is 0 Å². The summed E-state index contributed by atoms with van der Waals surface area (Å²) in [4.78, 5) is 0. The summed E-state index contributed by atoms with van der Waals surface area (Å²) < 4.78 is 0. The highest BCUT2D eigenvalue weighted by atomic mass is 79.9. The van der Waals surface area contributed by atoms with Gasteiger partial charge >= 0.3 is 0 Å². The molecule has 0 heterocycles. The molecule has 0 aromatic rings. The monoisotopic (exact) mass is 181 g/mol. The molecule has 0 aliphatic rings. The molecule has 0 aliphatic carbocycles. The zero-order valence-electron chi connectivity index (χ0n) is 5.90. The Kier molecular flexibility index (Phi) is 6.10. The molecular formula is C6H16BrN. The van der Waals surface area contributed by atoms with Crippen molar-refractivity contribution in [2.75, 3.05) is 0 Å². The molecule has 0 fully saturated rings. The molecule has 2 N–H and O–H groups in total. The highest BCUT2D eigenvalue weighted by Crippen LogP contribution is 2.04. The van der Waals surface area contributed by atoms with Crippen LogP contribution >= 0.6 is 17.0 Å². The second kappa shape index (κ2) is 4.33. The Hall–Kier alpha value is 0.440. The molecule has 0 aromatic carbocycles. The van der Waals surface area contributed by atoms with Gasteiger partial charge in [-0.25, -0.2) is 0 Å². The third kappa shape index (κ3) is 9.67. The fourth-order valence-corrected chi connectivity index (χ4v) is 0.644. The van der Waals surface area contributed by atoms with Crippen molar-refractivity contribution in [2.24, 2.45) is 5.73 Å². The lowest BCUT2D eigenvalue weighted by Crippen LogP contribution is -2.31. The van der Waals surface area contributed by atoms with Crippen LogP contribution in [0.4, 0.5) is 0 Å². The number of rotatable bonds is 2. The summed E-state index contributed by atoms with van der Waals surface area (Å²) in [6.07, 6.45) is 2.30. The summed E-state index contributed by atoms with van der Waals surface area (Å²) in [6, 6.07) is 0. The first-order valence-corrected chi connectivity index (χ1v) is 2.85. The molecule has 0 aromatic heterocycles. The highest BCUT2D eigenvalue weighted by Gasteiger charge is 2.06. The van der Waals surface area contributed by atoms with Crippen LogP contribution < -0.4 is 5.73 Å². The van der Waals surface area contributed by atoms with Crippen LogP contribution in [0.5, 0.6) is 0 Å². The molecule has 1 nitrogen and oxygen atoms in total. The minimum absolute atomic E-state index is 0. The fourth-order valence-electron chi connectivity index (χ4n) is 0.644. The molecule has 0 unspecified atom stereocenters. The summed E-state index contributed by atoms with van der Waals surface area (Å²) in [5.41, 5.74) is 5.70. The van der Waals surface area contributed by atoms with Crippen molar-refractivity contribution in [1.29, 1.82) is 0 Å². The van der Waals surface area contributed by atoms with E-state index in [0.29, 0.717) is 0 Å². The lowest BCUT2D eigenvalue weighted by atomic mass is 10.0. The average molecular weight is 182 g/mol. The smallest absolute Gasteiger partial charge is 0.00969 e. The number of hydrogen-bond donors (Lipinski definition) is 1. The molecule has 8 heavy (non-hydrogen) atoms. The van der Waals surface area contributed by atoms with Crippen LogP contribution in [0, 0.1) is 0 Å². The fraction of sp³-hybridized carbons (Fsp3) is 1.00. The van der Waals surface area contributed by atoms with Crippen molar-refractivity contribution in [1.82, 2.24) is 0 Å². The Labute approximate surface area is 62.4 Å². The molecule has 0 amide bonds. The highest BCUT2D eigenvalue weighted by molar-refractivity contribution is 8.93. The Bertz CT molecular complexity index is 47.0.